The van der Waals surface area contributed by atoms with Crippen LogP contribution < -0.4 is 5.32 Å². The van der Waals surface area contributed by atoms with Crippen LogP contribution in [0.25, 0.3) is 49.4 Å². The van der Waals surface area contributed by atoms with Crippen molar-refractivity contribution in [3.05, 3.63) is 162 Å². The largest absolute Gasteiger partial charge is 0.456 e. The zero-order valence-corrected chi connectivity index (χ0v) is 24.7. The van der Waals surface area contributed by atoms with Crippen LogP contribution in [0.15, 0.2) is 155 Å². The molecule has 0 aliphatic rings. The molecule has 0 saturated heterocycles. The van der Waals surface area contributed by atoms with Gasteiger partial charge in [-0.05, 0) is 66.6 Å². The van der Waals surface area contributed by atoms with E-state index in [-0.39, 0.29) is 0 Å². The number of fused-ring (bicyclic) bond motifs is 6. The molecule has 0 bridgehead atoms. The van der Waals surface area contributed by atoms with Crippen molar-refractivity contribution < 1.29 is 4.42 Å². The summed E-state index contributed by atoms with van der Waals surface area (Å²) in [5, 5.41) is 16.9. The van der Waals surface area contributed by atoms with Gasteiger partial charge in [-0.15, -0.1) is 0 Å². The predicted molar refractivity (Wildman–Crippen MR) is 186 cm³/mol. The molecule has 6 aromatic carbocycles. The molecule has 0 saturated carbocycles. The van der Waals surface area contributed by atoms with E-state index in [1.807, 2.05) is 79.7 Å². The zero-order chi connectivity index (χ0) is 30.3. The molecule has 0 aliphatic carbocycles. The molecule has 8 aromatic rings. The second-order valence-corrected chi connectivity index (χ2v) is 11.3. The van der Waals surface area contributed by atoms with Crippen LogP contribution >= 0.6 is 0 Å². The minimum atomic E-state index is -0.419. The molecule has 0 radical (unpaired) electrons. The summed E-state index contributed by atoms with van der Waals surface area (Å²) in [6, 6.07) is 49.5. The fraction of sp³-hybridized carbons (Fsp3) is 0.0500. The van der Waals surface area contributed by atoms with Crippen molar-refractivity contribution in [1.29, 1.82) is 5.41 Å². The van der Waals surface area contributed by atoms with Gasteiger partial charge >= 0.3 is 0 Å². The summed E-state index contributed by atoms with van der Waals surface area (Å²) >= 11 is 0. The third kappa shape index (κ3) is 4.75. The van der Waals surface area contributed by atoms with Crippen molar-refractivity contribution in [1.82, 2.24) is 9.88 Å². The molecular weight excluding hydrogens is 552 g/mol. The first-order chi connectivity index (χ1) is 22.1. The van der Waals surface area contributed by atoms with E-state index >= 15 is 0 Å². The fourth-order valence-corrected chi connectivity index (χ4v) is 6.25. The normalized spacial score (nSPS) is 12.7. The van der Waals surface area contributed by atoms with Crippen molar-refractivity contribution in [2.45, 2.75) is 13.1 Å². The number of hydrogen-bond donors (Lipinski definition) is 2. The van der Waals surface area contributed by atoms with Crippen LogP contribution in [0.2, 0.25) is 0 Å². The lowest BCUT2D eigenvalue weighted by molar-refractivity contribution is 0.668. The molecule has 5 heteroatoms. The van der Waals surface area contributed by atoms with E-state index in [2.05, 4.69) is 82.7 Å². The lowest BCUT2D eigenvalue weighted by Gasteiger charge is -2.18. The number of rotatable bonds is 6. The topological polar surface area (TPSA) is 66.3 Å². The van der Waals surface area contributed by atoms with Gasteiger partial charge in [0, 0.05) is 38.5 Å². The van der Waals surface area contributed by atoms with E-state index in [9.17, 15) is 0 Å². The maximum absolute atomic E-state index is 9.12. The van der Waals surface area contributed by atoms with Crippen molar-refractivity contribution in [2.75, 3.05) is 0 Å². The van der Waals surface area contributed by atoms with Crippen LogP contribution in [0.3, 0.4) is 0 Å². The van der Waals surface area contributed by atoms with Crippen LogP contribution in [0.5, 0.6) is 0 Å². The lowest BCUT2D eigenvalue weighted by Crippen LogP contribution is -2.28. The minimum Gasteiger partial charge on any atom is -0.456 e. The molecule has 2 aromatic heterocycles. The van der Waals surface area contributed by atoms with E-state index in [1.54, 1.807) is 0 Å². The SMILES string of the molecule is C/C(=N\C(NC(=N)c1ccc2oc3ccc(-n4c5ccccc5c5ccccc54)cc3c2c1)c1ccccc1)c1ccccc1. The number of amidine groups is 1. The van der Waals surface area contributed by atoms with Gasteiger partial charge in [0.2, 0.25) is 0 Å². The highest BCUT2D eigenvalue weighted by Gasteiger charge is 2.17. The Balaban J connectivity index is 1.19. The average molecular weight is 583 g/mol. The molecule has 5 nitrogen and oxygen atoms in total. The van der Waals surface area contributed by atoms with Crippen molar-refractivity contribution in [3.8, 4) is 5.69 Å². The summed E-state index contributed by atoms with van der Waals surface area (Å²) in [5.74, 6) is 0.295. The van der Waals surface area contributed by atoms with E-state index in [0.29, 0.717) is 5.84 Å². The molecule has 0 fully saturated rings. The number of aliphatic imine (C=N–C) groups is 1. The first kappa shape index (κ1) is 26.7. The van der Waals surface area contributed by atoms with Gasteiger partial charge in [-0.1, -0.05) is 97.1 Å². The number of hydrogen-bond acceptors (Lipinski definition) is 3. The summed E-state index contributed by atoms with van der Waals surface area (Å²) in [5.41, 5.74) is 8.71. The van der Waals surface area contributed by atoms with Gasteiger partial charge < -0.3 is 14.3 Å². The molecule has 0 aliphatic heterocycles. The van der Waals surface area contributed by atoms with Gasteiger partial charge in [-0.3, -0.25) is 10.4 Å². The first-order valence-electron chi connectivity index (χ1n) is 15.1. The van der Waals surface area contributed by atoms with Crippen LogP contribution in [-0.4, -0.2) is 16.1 Å². The van der Waals surface area contributed by atoms with E-state index in [1.165, 1.54) is 10.8 Å². The Morgan fingerprint density at radius 1 is 0.622 bits per heavy atom. The molecule has 2 heterocycles. The van der Waals surface area contributed by atoms with Crippen LogP contribution in [0, 0.1) is 5.41 Å². The Labute approximate surface area is 260 Å². The summed E-state index contributed by atoms with van der Waals surface area (Å²) < 4.78 is 8.58. The summed E-state index contributed by atoms with van der Waals surface area (Å²) in [6.07, 6.45) is -0.419. The maximum Gasteiger partial charge on any atom is 0.146 e. The third-order valence-corrected chi connectivity index (χ3v) is 8.49. The molecule has 1 atom stereocenters. The van der Waals surface area contributed by atoms with Crippen molar-refractivity contribution >= 4 is 55.3 Å². The quantitative estimate of drug-likeness (QED) is 0.151. The molecule has 0 amide bonds. The van der Waals surface area contributed by atoms with Crippen LogP contribution in [-0.2, 0) is 0 Å². The van der Waals surface area contributed by atoms with Crippen molar-refractivity contribution in [2.24, 2.45) is 4.99 Å². The number of nitrogens with zero attached hydrogens (tertiary/aromatic N) is 2. The molecule has 1 unspecified atom stereocenters. The fourth-order valence-electron chi connectivity index (χ4n) is 6.25. The lowest BCUT2D eigenvalue weighted by atomic mass is 10.1. The predicted octanol–water partition coefficient (Wildman–Crippen LogP) is 9.81. The molecule has 0 spiro atoms. The number of benzene rings is 6. The minimum absolute atomic E-state index is 0.295. The maximum atomic E-state index is 9.12. The molecule has 45 heavy (non-hydrogen) atoms. The Morgan fingerprint density at radius 2 is 1.20 bits per heavy atom. The summed E-state index contributed by atoms with van der Waals surface area (Å²) in [7, 11) is 0. The summed E-state index contributed by atoms with van der Waals surface area (Å²) in [6.45, 7) is 2.01. The Morgan fingerprint density at radius 3 is 1.89 bits per heavy atom. The van der Waals surface area contributed by atoms with Gasteiger partial charge in [-0.25, -0.2) is 0 Å². The van der Waals surface area contributed by atoms with Gasteiger partial charge in [0.1, 0.15) is 23.2 Å². The van der Waals surface area contributed by atoms with Gasteiger partial charge in [0.05, 0.1) is 11.0 Å². The van der Waals surface area contributed by atoms with Gasteiger partial charge in [0.25, 0.3) is 0 Å². The molecule has 216 valence electrons. The van der Waals surface area contributed by atoms with E-state index in [0.717, 1.165) is 61.1 Å². The molecule has 2 N–H and O–H groups in total. The number of nitrogens with one attached hydrogen (secondary N) is 2. The highest BCUT2D eigenvalue weighted by atomic mass is 16.3. The van der Waals surface area contributed by atoms with E-state index in [4.69, 9.17) is 14.8 Å². The number of furan rings is 1. The van der Waals surface area contributed by atoms with E-state index < -0.39 is 6.17 Å². The molecule has 8 rings (SSSR count). The molecular formula is C40H30N4O. The smallest absolute Gasteiger partial charge is 0.146 e. The Hall–Kier alpha value is -5.94. The van der Waals surface area contributed by atoms with Gasteiger partial charge in [0.15, 0.2) is 0 Å². The van der Waals surface area contributed by atoms with Crippen LogP contribution in [0.1, 0.15) is 29.8 Å². The second-order valence-electron chi connectivity index (χ2n) is 11.3. The first-order valence-corrected chi connectivity index (χ1v) is 15.1. The van der Waals surface area contributed by atoms with Crippen LogP contribution in [0.4, 0.5) is 0 Å². The standard InChI is InChI=1S/C40H30N4O/c1-26(27-12-4-2-5-13-27)42-40(28-14-6-3-7-15-28)43-39(41)29-20-22-37-33(24-29)34-25-30(21-23-38(34)45-37)44-35-18-10-8-16-31(35)32-17-9-11-19-36(32)44/h2-25,40H,1H3,(H2,41,43)/b42-26+. The second kappa shape index (κ2) is 11.0. The van der Waals surface area contributed by atoms with Crippen molar-refractivity contribution in [3.63, 3.8) is 0 Å². The zero-order valence-electron chi connectivity index (χ0n) is 24.7. The highest BCUT2D eigenvalue weighted by molar-refractivity contribution is 6.11. The summed E-state index contributed by atoms with van der Waals surface area (Å²) in [4.78, 5) is 5.02. The number of para-hydroxylation sites is 2. The average Bonchev–Trinajstić information content (AvgIpc) is 3.63. The third-order valence-electron chi connectivity index (χ3n) is 8.49. The Bertz CT molecular complexity index is 2330. The Kier molecular flexibility index (Phi) is 6.50. The highest BCUT2D eigenvalue weighted by Crippen LogP contribution is 2.35. The van der Waals surface area contributed by atoms with Gasteiger partial charge in [-0.2, -0.15) is 0 Å². The number of aromatic nitrogens is 1. The monoisotopic (exact) mass is 582 g/mol.